The van der Waals surface area contributed by atoms with Gasteiger partial charge in [0.15, 0.2) is 0 Å². The first-order valence-electron chi connectivity index (χ1n) is 8.91. The monoisotopic (exact) mass is 350 g/mol. The zero-order valence-corrected chi connectivity index (χ0v) is 16.2. The first kappa shape index (κ1) is 25.3. The molecule has 4 nitrogen and oxygen atoms in total. The first-order chi connectivity index (χ1) is 11.6. The van der Waals surface area contributed by atoms with Crippen LogP contribution >= 0.6 is 0 Å². The van der Waals surface area contributed by atoms with Crippen LogP contribution in [0.15, 0.2) is 0 Å². The third kappa shape index (κ3) is 16.7. The van der Waals surface area contributed by atoms with Crippen LogP contribution in [0.25, 0.3) is 0 Å². The van der Waals surface area contributed by atoms with Crippen molar-refractivity contribution in [3.63, 3.8) is 0 Å². The van der Waals surface area contributed by atoms with Crippen LogP contribution in [0.2, 0.25) is 0 Å². The molecule has 0 rings (SSSR count). The van der Waals surface area contributed by atoms with Crippen molar-refractivity contribution >= 4 is 11.9 Å². The van der Waals surface area contributed by atoms with Gasteiger partial charge in [0.1, 0.15) is 0 Å². The number of hydrogen-bond acceptors (Lipinski definition) is 2. The summed E-state index contributed by atoms with van der Waals surface area (Å²) in [4.78, 5) is 21.3. The van der Waals surface area contributed by atoms with Gasteiger partial charge in [-0.1, -0.05) is 53.4 Å². The molecule has 0 bridgehead atoms. The Labute approximate surface area is 153 Å². The molecule has 0 aromatic rings. The Balaban J connectivity index is 0. The van der Waals surface area contributed by atoms with E-state index in [1.54, 1.807) is 0 Å². The standard InChI is InChI=1S/C11H18O2.C10H16O2/c1-3-5-6-7-9-10(8-4-2)11(12)13;1-5-6-8(9(11)12)7-10(2,3)4/h2,10H,3,5-9H2,1H3,(H,12,13);1,8H,6-7H2,2-4H3,(H,11,12). The molecule has 25 heavy (non-hydrogen) atoms. The van der Waals surface area contributed by atoms with Crippen LogP contribution in [0.5, 0.6) is 0 Å². The van der Waals surface area contributed by atoms with E-state index in [1.165, 1.54) is 12.8 Å². The third-order valence-electron chi connectivity index (χ3n) is 3.69. The summed E-state index contributed by atoms with van der Waals surface area (Å²) < 4.78 is 0. The molecule has 0 radical (unpaired) electrons. The molecular weight excluding hydrogens is 316 g/mol. The zero-order chi connectivity index (χ0) is 19.9. The van der Waals surface area contributed by atoms with Crippen LogP contribution in [-0.4, -0.2) is 22.2 Å². The van der Waals surface area contributed by atoms with Gasteiger partial charge in [-0.3, -0.25) is 9.59 Å². The minimum absolute atomic E-state index is 0.0277. The Morgan fingerprint density at radius 3 is 1.76 bits per heavy atom. The molecule has 2 unspecified atom stereocenters. The van der Waals surface area contributed by atoms with Crippen molar-refractivity contribution in [1.82, 2.24) is 0 Å². The van der Waals surface area contributed by atoms with Gasteiger partial charge in [-0.2, -0.15) is 0 Å². The quantitative estimate of drug-likeness (QED) is 0.437. The average molecular weight is 350 g/mol. The molecule has 142 valence electrons. The number of hydrogen-bond donors (Lipinski definition) is 2. The molecule has 0 aliphatic carbocycles. The Hall–Kier alpha value is -1.94. The van der Waals surface area contributed by atoms with Crippen LogP contribution < -0.4 is 0 Å². The van der Waals surface area contributed by atoms with Crippen molar-refractivity contribution in [2.75, 3.05) is 0 Å². The second kappa shape index (κ2) is 14.4. The van der Waals surface area contributed by atoms with E-state index in [-0.39, 0.29) is 11.3 Å². The van der Waals surface area contributed by atoms with Gasteiger partial charge in [0.2, 0.25) is 0 Å². The number of carboxylic acids is 2. The molecule has 0 fully saturated rings. The zero-order valence-electron chi connectivity index (χ0n) is 16.2. The van der Waals surface area contributed by atoms with Gasteiger partial charge in [-0.15, -0.1) is 24.7 Å². The summed E-state index contributed by atoms with van der Waals surface area (Å²) in [5, 5.41) is 17.5. The number of carbonyl (C=O) groups is 2. The van der Waals surface area contributed by atoms with Crippen LogP contribution in [0, 0.1) is 41.9 Å². The maximum Gasteiger partial charge on any atom is 0.307 e. The van der Waals surface area contributed by atoms with Gasteiger partial charge in [-0.25, -0.2) is 0 Å². The molecule has 0 heterocycles. The summed E-state index contributed by atoms with van der Waals surface area (Å²) in [7, 11) is 0. The van der Waals surface area contributed by atoms with Gasteiger partial charge < -0.3 is 10.2 Å². The molecule has 0 amide bonds. The van der Waals surface area contributed by atoms with Crippen LogP contribution in [0.3, 0.4) is 0 Å². The molecule has 0 saturated carbocycles. The van der Waals surface area contributed by atoms with E-state index in [0.29, 0.717) is 19.3 Å². The highest BCUT2D eigenvalue weighted by Crippen LogP contribution is 2.26. The van der Waals surface area contributed by atoms with Gasteiger partial charge >= 0.3 is 11.9 Å². The fourth-order valence-corrected chi connectivity index (χ4v) is 2.40. The predicted octanol–water partition coefficient (Wildman–Crippen LogP) is 4.83. The largest absolute Gasteiger partial charge is 0.481 e. The smallest absolute Gasteiger partial charge is 0.307 e. The van der Waals surface area contributed by atoms with Crippen molar-refractivity contribution in [3.05, 3.63) is 0 Å². The third-order valence-corrected chi connectivity index (χ3v) is 3.69. The molecule has 0 aromatic heterocycles. The lowest BCUT2D eigenvalue weighted by Crippen LogP contribution is -2.20. The van der Waals surface area contributed by atoms with Crippen molar-refractivity contribution < 1.29 is 19.8 Å². The summed E-state index contributed by atoms with van der Waals surface area (Å²) in [6, 6.07) is 0. The van der Waals surface area contributed by atoms with E-state index in [0.717, 1.165) is 19.3 Å². The average Bonchev–Trinajstić information content (AvgIpc) is 2.49. The lowest BCUT2D eigenvalue weighted by Gasteiger charge is -2.21. The highest BCUT2D eigenvalue weighted by atomic mass is 16.4. The SMILES string of the molecule is C#CCC(CC(C)(C)C)C(=O)O.C#CCC(CCCCCC)C(=O)O. The molecule has 0 aromatic carbocycles. The van der Waals surface area contributed by atoms with Crippen LogP contribution in [0.1, 0.15) is 79.1 Å². The van der Waals surface area contributed by atoms with Crippen LogP contribution in [0.4, 0.5) is 0 Å². The van der Waals surface area contributed by atoms with E-state index < -0.39 is 17.9 Å². The Morgan fingerprint density at radius 2 is 1.40 bits per heavy atom. The number of carboxylic acid groups (broad SMARTS) is 2. The number of unbranched alkanes of at least 4 members (excludes halogenated alkanes) is 3. The van der Waals surface area contributed by atoms with E-state index in [9.17, 15) is 9.59 Å². The topological polar surface area (TPSA) is 74.6 Å². The van der Waals surface area contributed by atoms with Crippen molar-refractivity contribution in [3.8, 4) is 24.7 Å². The molecule has 4 heteroatoms. The molecule has 0 spiro atoms. The normalized spacial score (nSPS) is 12.7. The number of terminal acetylenes is 2. The molecule has 0 aliphatic heterocycles. The molecule has 0 saturated heterocycles. The Morgan fingerprint density at radius 1 is 0.920 bits per heavy atom. The summed E-state index contributed by atoms with van der Waals surface area (Å²) in [5.41, 5.74) is 0.0277. The molecule has 0 aliphatic rings. The van der Waals surface area contributed by atoms with Crippen molar-refractivity contribution in [2.24, 2.45) is 17.3 Å². The summed E-state index contributed by atoms with van der Waals surface area (Å²) in [5.74, 6) is 2.53. The number of aliphatic carboxylic acids is 2. The van der Waals surface area contributed by atoms with Crippen molar-refractivity contribution in [1.29, 1.82) is 0 Å². The summed E-state index contributed by atoms with van der Waals surface area (Å²) in [6.45, 7) is 8.18. The van der Waals surface area contributed by atoms with Gasteiger partial charge in [-0.05, 0) is 18.3 Å². The maximum atomic E-state index is 10.7. The number of rotatable bonds is 10. The Bertz CT molecular complexity index is 460. The predicted molar refractivity (Wildman–Crippen MR) is 102 cm³/mol. The summed E-state index contributed by atoms with van der Waals surface area (Å²) >= 11 is 0. The fourth-order valence-electron chi connectivity index (χ4n) is 2.40. The minimum atomic E-state index is -0.789. The molecule has 2 N–H and O–H groups in total. The van der Waals surface area contributed by atoms with Crippen LogP contribution in [-0.2, 0) is 9.59 Å². The van der Waals surface area contributed by atoms with E-state index in [1.807, 2.05) is 20.8 Å². The summed E-state index contributed by atoms with van der Waals surface area (Å²) in [6.07, 6.45) is 16.6. The highest BCUT2D eigenvalue weighted by molar-refractivity contribution is 5.70. The lowest BCUT2D eigenvalue weighted by molar-refractivity contribution is -0.143. The maximum absolute atomic E-state index is 10.7. The van der Waals surface area contributed by atoms with Crippen molar-refractivity contribution in [2.45, 2.75) is 79.1 Å². The van der Waals surface area contributed by atoms with Gasteiger partial charge in [0.05, 0.1) is 11.8 Å². The Kier molecular flexibility index (Phi) is 14.6. The molecule has 2 atom stereocenters. The van der Waals surface area contributed by atoms with E-state index >= 15 is 0 Å². The second-order valence-electron chi connectivity index (χ2n) is 7.50. The second-order valence-corrected chi connectivity index (χ2v) is 7.50. The lowest BCUT2D eigenvalue weighted by atomic mass is 9.83. The molecular formula is C21H34O4. The first-order valence-corrected chi connectivity index (χ1v) is 8.91. The highest BCUT2D eigenvalue weighted by Gasteiger charge is 2.23. The van der Waals surface area contributed by atoms with E-state index in [4.69, 9.17) is 23.1 Å². The minimum Gasteiger partial charge on any atom is -0.481 e. The van der Waals surface area contributed by atoms with Gasteiger partial charge in [0.25, 0.3) is 0 Å². The van der Waals surface area contributed by atoms with Gasteiger partial charge in [0, 0.05) is 12.8 Å². The van der Waals surface area contributed by atoms with E-state index in [2.05, 4.69) is 18.8 Å². The fraction of sp³-hybridized carbons (Fsp3) is 0.714.